The zero-order chi connectivity index (χ0) is 10.3. The standard InChI is InChI=1S/C11H11Cl2F/c1-6-4-10(14)8(5-9(6)12)11(13)7-2-3-7/h4-5,7,11H,2-3H2,1H3. The number of halogens is 3. The van der Waals surface area contributed by atoms with Gasteiger partial charge < -0.3 is 0 Å². The molecule has 0 aromatic heterocycles. The molecule has 1 aromatic rings. The van der Waals surface area contributed by atoms with Gasteiger partial charge in [0.2, 0.25) is 0 Å². The van der Waals surface area contributed by atoms with Crippen molar-refractivity contribution in [2.75, 3.05) is 0 Å². The lowest BCUT2D eigenvalue weighted by molar-refractivity contribution is 0.596. The van der Waals surface area contributed by atoms with Crippen molar-refractivity contribution in [2.24, 2.45) is 5.92 Å². The van der Waals surface area contributed by atoms with Gasteiger partial charge in [0.1, 0.15) is 5.82 Å². The second kappa shape index (κ2) is 3.71. The summed E-state index contributed by atoms with van der Waals surface area (Å²) in [6.07, 6.45) is 2.19. The van der Waals surface area contributed by atoms with Crippen molar-refractivity contribution in [1.29, 1.82) is 0 Å². The molecule has 1 aliphatic carbocycles. The van der Waals surface area contributed by atoms with E-state index in [0.717, 1.165) is 18.4 Å². The molecule has 1 unspecified atom stereocenters. The highest BCUT2D eigenvalue weighted by atomic mass is 35.5. The van der Waals surface area contributed by atoms with Crippen LogP contribution in [0.15, 0.2) is 12.1 Å². The van der Waals surface area contributed by atoms with E-state index in [1.165, 1.54) is 6.07 Å². The number of benzene rings is 1. The van der Waals surface area contributed by atoms with Crippen LogP contribution in [0, 0.1) is 18.7 Å². The Morgan fingerprint density at radius 2 is 2.07 bits per heavy atom. The molecule has 0 bridgehead atoms. The fourth-order valence-electron chi connectivity index (χ4n) is 1.52. The van der Waals surface area contributed by atoms with Gasteiger partial charge in [-0.2, -0.15) is 0 Å². The van der Waals surface area contributed by atoms with E-state index in [1.807, 2.05) is 0 Å². The normalized spacial score (nSPS) is 18.3. The highest BCUT2D eigenvalue weighted by Gasteiger charge is 2.32. The van der Waals surface area contributed by atoms with E-state index >= 15 is 0 Å². The highest BCUT2D eigenvalue weighted by Crippen LogP contribution is 2.46. The van der Waals surface area contributed by atoms with Gasteiger partial charge >= 0.3 is 0 Å². The Bertz CT molecular complexity index is 359. The third kappa shape index (κ3) is 1.89. The molecule has 0 saturated heterocycles. The van der Waals surface area contributed by atoms with Gasteiger partial charge in [-0.15, -0.1) is 11.6 Å². The molecule has 1 aromatic carbocycles. The molecule has 76 valence electrons. The van der Waals surface area contributed by atoms with Gasteiger partial charge in [0.25, 0.3) is 0 Å². The predicted octanol–water partition coefficient (Wildman–Crippen LogP) is 4.48. The number of hydrogen-bond donors (Lipinski definition) is 0. The fraction of sp³-hybridized carbons (Fsp3) is 0.455. The molecular formula is C11H11Cl2F. The first kappa shape index (κ1) is 10.3. The topological polar surface area (TPSA) is 0 Å². The largest absolute Gasteiger partial charge is 0.207 e. The Morgan fingerprint density at radius 3 is 2.64 bits per heavy atom. The molecule has 3 heteroatoms. The third-order valence-electron chi connectivity index (χ3n) is 2.61. The minimum absolute atomic E-state index is 0.215. The Balaban J connectivity index is 2.36. The molecule has 1 atom stereocenters. The summed E-state index contributed by atoms with van der Waals surface area (Å²) >= 11 is 12.1. The van der Waals surface area contributed by atoms with Crippen molar-refractivity contribution in [3.63, 3.8) is 0 Å². The molecule has 0 radical (unpaired) electrons. The molecule has 0 spiro atoms. The molecule has 0 heterocycles. The lowest BCUT2D eigenvalue weighted by atomic mass is 10.1. The summed E-state index contributed by atoms with van der Waals surface area (Å²) in [5.41, 5.74) is 1.30. The Labute approximate surface area is 93.0 Å². The van der Waals surface area contributed by atoms with Crippen LogP contribution in [0.25, 0.3) is 0 Å². The monoisotopic (exact) mass is 232 g/mol. The van der Waals surface area contributed by atoms with Crippen molar-refractivity contribution in [1.82, 2.24) is 0 Å². The summed E-state index contributed by atoms with van der Waals surface area (Å²) in [6.45, 7) is 1.79. The molecule has 1 fully saturated rings. The fourth-order valence-corrected chi connectivity index (χ4v) is 2.11. The lowest BCUT2D eigenvalue weighted by Gasteiger charge is -2.11. The van der Waals surface area contributed by atoms with Gasteiger partial charge in [0, 0.05) is 10.6 Å². The van der Waals surface area contributed by atoms with Gasteiger partial charge in [-0.25, -0.2) is 4.39 Å². The molecule has 1 saturated carbocycles. The van der Waals surface area contributed by atoms with Gasteiger partial charge in [-0.1, -0.05) is 11.6 Å². The van der Waals surface area contributed by atoms with Crippen molar-refractivity contribution >= 4 is 23.2 Å². The molecular weight excluding hydrogens is 222 g/mol. The number of aryl methyl sites for hydroxylation is 1. The smallest absolute Gasteiger partial charge is 0.128 e. The molecule has 0 amide bonds. The Morgan fingerprint density at radius 1 is 1.43 bits per heavy atom. The molecule has 14 heavy (non-hydrogen) atoms. The van der Waals surface area contributed by atoms with E-state index in [0.29, 0.717) is 16.5 Å². The van der Waals surface area contributed by atoms with E-state index in [4.69, 9.17) is 23.2 Å². The maximum Gasteiger partial charge on any atom is 0.128 e. The summed E-state index contributed by atoms with van der Waals surface area (Å²) in [6, 6.07) is 3.11. The van der Waals surface area contributed by atoms with Crippen LogP contribution in [0.2, 0.25) is 5.02 Å². The first-order valence-corrected chi connectivity index (χ1v) is 5.50. The quantitative estimate of drug-likeness (QED) is 0.660. The maximum atomic E-state index is 13.5. The van der Waals surface area contributed by atoms with Crippen LogP contribution in [0.4, 0.5) is 4.39 Å². The van der Waals surface area contributed by atoms with Crippen LogP contribution >= 0.6 is 23.2 Å². The SMILES string of the molecule is Cc1cc(F)c(C(Cl)C2CC2)cc1Cl. The molecule has 2 rings (SSSR count). The first-order chi connectivity index (χ1) is 6.59. The first-order valence-electron chi connectivity index (χ1n) is 4.69. The van der Waals surface area contributed by atoms with E-state index < -0.39 is 0 Å². The van der Waals surface area contributed by atoms with E-state index in [1.54, 1.807) is 13.0 Å². The third-order valence-corrected chi connectivity index (χ3v) is 3.61. The van der Waals surface area contributed by atoms with Gasteiger partial charge in [0.15, 0.2) is 0 Å². The maximum absolute atomic E-state index is 13.5. The van der Waals surface area contributed by atoms with E-state index in [2.05, 4.69) is 0 Å². The number of rotatable bonds is 2. The van der Waals surface area contributed by atoms with E-state index in [9.17, 15) is 4.39 Å². The summed E-state index contributed by atoms with van der Waals surface area (Å²) in [4.78, 5) is 0. The van der Waals surface area contributed by atoms with Crippen molar-refractivity contribution in [3.05, 3.63) is 34.1 Å². The second-order valence-corrected chi connectivity index (χ2v) is 4.74. The van der Waals surface area contributed by atoms with Crippen molar-refractivity contribution < 1.29 is 4.39 Å². The Hall–Kier alpha value is -0.270. The summed E-state index contributed by atoms with van der Waals surface area (Å²) in [7, 11) is 0. The van der Waals surface area contributed by atoms with Crippen LogP contribution in [0.1, 0.15) is 29.3 Å². The minimum Gasteiger partial charge on any atom is -0.207 e. The van der Waals surface area contributed by atoms with Gasteiger partial charge in [-0.05, 0) is 43.4 Å². The number of hydrogen-bond acceptors (Lipinski definition) is 0. The summed E-state index contributed by atoms with van der Waals surface area (Å²) < 4.78 is 13.5. The van der Waals surface area contributed by atoms with Crippen LogP contribution < -0.4 is 0 Å². The van der Waals surface area contributed by atoms with Crippen LogP contribution in [-0.4, -0.2) is 0 Å². The van der Waals surface area contributed by atoms with E-state index in [-0.39, 0.29) is 11.2 Å². The second-order valence-electron chi connectivity index (χ2n) is 3.86. The Kier molecular flexibility index (Phi) is 2.72. The molecule has 0 aliphatic heterocycles. The minimum atomic E-state index is -0.237. The molecule has 0 nitrogen and oxygen atoms in total. The zero-order valence-corrected chi connectivity index (χ0v) is 9.37. The van der Waals surface area contributed by atoms with Crippen LogP contribution in [0.3, 0.4) is 0 Å². The van der Waals surface area contributed by atoms with Crippen LogP contribution in [-0.2, 0) is 0 Å². The van der Waals surface area contributed by atoms with Crippen LogP contribution in [0.5, 0.6) is 0 Å². The lowest BCUT2D eigenvalue weighted by Crippen LogP contribution is -1.97. The summed E-state index contributed by atoms with van der Waals surface area (Å²) in [5.74, 6) is 0.198. The average Bonchev–Trinajstić information content (AvgIpc) is 2.93. The van der Waals surface area contributed by atoms with Crippen molar-refractivity contribution in [2.45, 2.75) is 25.1 Å². The number of alkyl halides is 1. The van der Waals surface area contributed by atoms with Gasteiger partial charge in [0.05, 0.1) is 5.38 Å². The average molecular weight is 233 g/mol. The predicted molar refractivity (Wildman–Crippen MR) is 57.5 cm³/mol. The zero-order valence-electron chi connectivity index (χ0n) is 7.86. The summed E-state index contributed by atoms with van der Waals surface area (Å²) in [5, 5.41) is 0.376. The molecule has 1 aliphatic rings. The molecule has 0 N–H and O–H groups in total. The van der Waals surface area contributed by atoms with Gasteiger partial charge in [-0.3, -0.25) is 0 Å². The van der Waals surface area contributed by atoms with Crippen molar-refractivity contribution in [3.8, 4) is 0 Å². The highest BCUT2D eigenvalue weighted by molar-refractivity contribution is 6.31.